The molecule has 4 N–H and O–H groups in total. The van der Waals surface area contributed by atoms with E-state index >= 15 is 0 Å². The second kappa shape index (κ2) is 5.62. The number of nitrogens with one attached hydrogen (secondary N) is 1. The Kier molecular flexibility index (Phi) is 4.19. The molecule has 1 rings (SSSR count). The van der Waals surface area contributed by atoms with Crippen molar-refractivity contribution in [2.24, 2.45) is 5.73 Å². The minimum Gasteiger partial charge on any atom is -0.481 e. The van der Waals surface area contributed by atoms with Crippen LogP contribution in [0.4, 0.5) is 11.4 Å². The van der Waals surface area contributed by atoms with Gasteiger partial charge in [-0.15, -0.1) is 0 Å². The van der Waals surface area contributed by atoms with Gasteiger partial charge < -0.3 is 16.2 Å². The lowest BCUT2D eigenvalue weighted by atomic mass is 10.1. The molecule has 1 aromatic carbocycles. The Morgan fingerprint density at radius 3 is 2.61 bits per heavy atom. The Balaban J connectivity index is 2.96. The number of nitro groups is 1. The molecule has 0 saturated heterocycles. The number of hydrogen-bond donors (Lipinski definition) is 3. The summed E-state index contributed by atoms with van der Waals surface area (Å²) in [5, 5.41) is 21.8. The van der Waals surface area contributed by atoms with Gasteiger partial charge in [0.05, 0.1) is 11.3 Å². The predicted octanol–water partition coefficient (Wildman–Crippen LogP) is 0.580. The second-order valence-corrected chi connectivity index (χ2v) is 3.42. The van der Waals surface area contributed by atoms with Gasteiger partial charge in [0, 0.05) is 18.2 Å². The van der Waals surface area contributed by atoms with Crippen molar-refractivity contribution >= 4 is 23.3 Å². The summed E-state index contributed by atoms with van der Waals surface area (Å²) in [6, 6.07) is 3.61. The largest absolute Gasteiger partial charge is 0.481 e. The molecule has 0 aliphatic carbocycles. The standard InChI is InChI=1S/C10H11N3O5/c11-10(16)6-1-2-8(13(17)18)7(5-6)12-4-3-9(14)15/h1-2,5,12H,3-4H2,(H2,11,16)(H,14,15). The molecule has 0 bridgehead atoms. The van der Waals surface area contributed by atoms with Crippen molar-refractivity contribution in [3.8, 4) is 0 Å². The molecule has 0 atom stereocenters. The molecule has 18 heavy (non-hydrogen) atoms. The maximum absolute atomic E-state index is 10.9. The third-order valence-electron chi connectivity index (χ3n) is 2.13. The van der Waals surface area contributed by atoms with E-state index in [0.717, 1.165) is 6.07 Å². The van der Waals surface area contributed by atoms with Crippen molar-refractivity contribution in [1.29, 1.82) is 0 Å². The van der Waals surface area contributed by atoms with Crippen LogP contribution in [0.2, 0.25) is 0 Å². The Morgan fingerprint density at radius 1 is 1.44 bits per heavy atom. The molecular formula is C10H11N3O5. The third kappa shape index (κ3) is 3.44. The van der Waals surface area contributed by atoms with E-state index in [9.17, 15) is 19.7 Å². The minimum atomic E-state index is -1.03. The highest BCUT2D eigenvalue weighted by atomic mass is 16.6. The molecule has 0 aliphatic rings. The van der Waals surface area contributed by atoms with Gasteiger partial charge in [-0.25, -0.2) is 0 Å². The first-order chi connectivity index (χ1) is 8.41. The highest BCUT2D eigenvalue weighted by Crippen LogP contribution is 2.25. The molecule has 0 radical (unpaired) electrons. The van der Waals surface area contributed by atoms with Crippen LogP contribution in [0.25, 0.3) is 0 Å². The number of primary amides is 1. The fraction of sp³-hybridized carbons (Fsp3) is 0.200. The normalized spacial score (nSPS) is 9.78. The summed E-state index contributed by atoms with van der Waals surface area (Å²) in [6.07, 6.45) is -0.196. The number of anilines is 1. The fourth-order valence-electron chi connectivity index (χ4n) is 1.29. The summed E-state index contributed by atoms with van der Waals surface area (Å²) < 4.78 is 0. The molecule has 96 valence electrons. The number of nitrogens with two attached hydrogens (primary N) is 1. The quantitative estimate of drug-likeness (QED) is 0.501. The lowest BCUT2D eigenvalue weighted by Crippen LogP contribution is -2.13. The van der Waals surface area contributed by atoms with Gasteiger partial charge >= 0.3 is 5.97 Å². The maximum Gasteiger partial charge on any atom is 0.305 e. The predicted molar refractivity (Wildman–Crippen MR) is 62.4 cm³/mol. The third-order valence-corrected chi connectivity index (χ3v) is 2.13. The van der Waals surface area contributed by atoms with Crippen LogP contribution >= 0.6 is 0 Å². The number of amides is 1. The van der Waals surface area contributed by atoms with Crippen LogP contribution in [-0.4, -0.2) is 28.5 Å². The summed E-state index contributed by atoms with van der Waals surface area (Å²) >= 11 is 0. The molecule has 8 heteroatoms. The number of nitro benzene ring substituents is 1. The number of carbonyl (C=O) groups is 2. The summed E-state index contributed by atoms with van der Waals surface area (Å²) in [4.78, 5) is 31.4. The molecule has 1 amide bonds. The first kappa shape index (κ1) is 13.4. The highest BCUT2D eigenvalue weighted by Gasteiger charge is 2.15. The van der Waals surface area contributed by atoms with Crippen LogP contribution < -0.4 is 11.1 Å². The van der Waals surface area contributed by atoms with Gasteiger partial charge in [0.2, 0.25) is 5.91 Å². The number of aliphatic carboxylic acids is 1. The Morgan fingerprint density at radius 2 is 2.11 bits per heavy atom. The second-order valence-electron chi connectivity index (χ2n) is 3.42. The first-order valence-electron chi connectivity index (χ1n) is 4.95. The number of carboxylic acids is 1. The van der Waals surface area contributed by atoms with Crippen molar-refractivity contribution in [3.05, 3.63) is 33.9 Å². The topological polar surface area (TPSA) is 136 Å². The smallest absolute Gasteiger partial charge is 0.305 e. The van der Waals surface area contributed by atoms with E-state index in [1.54, 1.807) is 0 Å². The lowest BCUT2D eigenvalue weighted by molar-refractivity contribution is -0.384. The van der Waals surface area contributed by atoms with Gasteiger partial charge in [-0.1, -0.05) is 0 Å². The fourth-order valence-corrected chi connectivity index (χ4v) is 1.29. The zero-order chi connectivity index (χ0) is 13.7. The number of benzene rings is 1. The van der Waals surface area contributed by atoms with Gasteiger partial charge in [0.25, 0.3) is 5.69 Å². The zero-order valence-electron chi connectivity index (χ0n) is 9.25. The number of rotatable bonds is 6. The Hall–Kier alpha value is -2.64. The molecule has 0 saturated carbocycles. The monoisotopic (exact) mass is 253 g/mol. The van der Waals surface area contributed by atoms with Crippen molar-refractivity contribution in [2.45, 2.75) is 6.42 Å². The number of hydrogen-bond acceptors (Lipinski definition) is 5. The molecule has 1 aromatic rings. The van der Waals surface area contributed by atoms with E-state index in [2.05, 4.69) is 5.32 Å². The van der Waals surface area contributed by atoms with E-state index in [-0.39, 0.29) is 29.9 Å². The van der Waals surface area contributed by atoms with Gasteiger partial charge in [0.15, 0.2) is 0 Å². The highest BCUT2D eigenvalue weighted by molar-refractivity contribution is 5.94. The molecular weight excluding hydrogens is 242 g/mol. The minimum absolute atomic E-state index is 0.0123. The van der Waals surface area contributed by atoms with E-state index in [1.807, 2.05) is 0 Å². The molecule has 0 spiro atoms. The van der Waals surface area contributed by atoms with E-state index in [4.69, 9.17) is 10.8 Å². The summed E-state index contributed by atoms with van der Waals surface area (Å²) in [5.74, 6) is -1.75. The number of carbonyl (C=O) groups excluding carboxylic acids is 1. The molecule has 8 nitrogen and oxygen atoms in total. The van der Waals surface area contributed by atoms with Crippen LogP contribution in [0.3, 0.4) is 0 Å². The van der Waals surface area contributed by atoms with Crippen LogP contribution in [-0.2, 0) is 4.79 Å². The van der Waals surface area contributed by atoms with Crippen molar-refractivity contribution in [3.63, 3.8) is 0 Å². The van der Waals surface area contributed by atoms with Gasteiger partial charge in [-0.3, -0.25) is 19.7 Å². The Labute approximate surface area is 102 Å². The molecule has 0 unspecified atom stereocenters. The average molecular weight is 253 g/mol. The average Bonchev–Trinajstić information content (AvgIpc) is 2.27. The van der Waals surface area contributed by atoms with Crippen molar-refractivity contribution < 1.29 is 19.6 Å². The van der Waals surface area contributed by atoms with Crippen LogP contribution in [0, 0.1) is 10.1 Å². The molecule has 0 aliphatic heterocycles. The van der Waals surface area contributed by atoms with Crippen molar-refractivity contribution in [1.82, 2.24) is 0 Å². The first-order valence-corrected chi connectivity index (χ1v) is 4.95. The van der Waals surface area contributed by atoms with Crippen LogP contribution in [0.5, 0.6) is 0 Å². The van der Waals surface area contributed by atoms with Crippen LogP contribution in [0.1, 0.15) is 16.8 Å². The molecule has 0 aromatic heterocycles. The summed E-state index contributed by atoms with van der Waals surface area (Å²) in [5.41, 5.74) is 4.99. The van der Waals surface area contributed by atoms with Crippen molar-refractivity contribution in [2.75, 3.05) is 11.9 Å². The summed E-state index contributed by atoms with van der Waals surface area (Å²) in [6.45, 7) is 0.0123. The van der Waals surface area contributed by atoms with Gasteiger partial charge in [0.1, 0.15) is 5.69 Å². The SMILES string of the molecule is NC(=O)c1ccc([N+](=O)[O-])c(NCCC(=O)O)c1. The number of nitrogens with zero attached hydrogens (tertiary/aromatic N) is 1. The van der Waals surface area contributed by atoms with E-state index in [0.29, 0.717) is 0 Å². The summed E-state index contributed by atoms with van der Waals surface area (Å²) in [7, 11) is 0. The lowest BCUT2D eigenvalue weighted by Gasteiger charge is -2.06. The molecule has 0 heterocycles. The maximum atomic E-state index is 10.9. The van der Waals surface area contributed by atoms with Gasteiger partial charge in [-0.2, -0.15) is 0 Å². The Bertz CT molecular complexity index is 500. The number of carboxylic acid groups (broad SMARTS) is 1. The van der Waals surface area contributed by atoms with Crippen LogP contribution in [0.15, 0.2) is 18.2 Å². The zero-order valence-corrected chi connectivity index (χ0v) is 9.25. The van der Waals surface area contributed by atoms with E-state index < -0.39 is 16.8 Å². The van der Waals surface area contributed by atoms with E-state index in [1.165, 1.54) is 12.1 Å². The molecule has 0 fully saturated rings. The van der Waals surface area contributed by atoms with Gasteiger partial charge in [-0.05, 0) is 12.1 Å².